The van der Waals surface area contributed by atoms with Crippen LogP contribution in [0.15, 0.2) is 0 Å². The van der Waals surface area contributed by atoms with Gasteiger partial charge in [0.15, 0.2) is 0 Å². The minimum absolute atomic E-state index is 0.537. The van der Waals surface area contributed by atoms with Gasteiger partial charge in [-0.3, -0.25) is 4.21 Å². The Balaban J connectivity index is 2.35. The van der Waals surface area contributed by atoms with Gasteiger partial charge < -0.3 is 0 Å². The summed E-state index contributed by atoms with van der Waals surface area (Å²) in [6.45, 7) is 0. The van der Waals surface area contributed by atoms with Crippen molar-refractivity contribution in [1.82, 2.24) is 0 Å². The molecule has 48 valence electrons. The molecular formula is C6H12OS. The van der Waals surface area contributed by atoms with Crippen LogP contribution in [0.4, 0.5) is 0 Å². The van der Waals surface area contributed by atoms with E-state index < -0.39 is 10.8 Å². The van der Waals surface area contributed by atoms with Crippen LogP contribution in [0.5, 0.6) is 0 Å². The average molecular weight is 132 g/mol. The molecule has 0 heterocycles. The zero-order valence-electron chi connectivity index (χ0n) is 5.22. The Morgan fingerprint density at radius 3 is 2.12 bits per heavy atom. The summed E-state index contributed by atoms with van der Waals surface area (Å²) < 4.78 is 10.8. The zero-order chi connectivity index (χ0) is 5.98. The van der Waals surface area contributed by atoms with Crippen molar-refractivity contribution in [1.29, 1.82) is 0 Å². The monoisotopic (exact) mass is 132 g/mol. The summed E-state index contributed by atoms with van der Waals surface area (Å²) in [5.41, 5.74) is 0. The summed E-state index contributed by atoms with van der Waals surface area (Å²) in [7, 11) is -0.541. The molecule has 0 radical (unpaired) electrons. The van der Waals surface area contributed by atoms with Crippen molar-refractivity contribution in [3.63, 3.8) is 0 Å². The van der Waals surface area contributed by atoms with Gasteiger partial charge in [0.25, 0.3) is 0 Å². The third-order valence-electron chi connectivity index (χ3n) is 1.77. The molecule has 0 N–H and O–H groups in total. The largest absolute Gasteiger partial charge is 0.260 e. The lowest BCUT2D eigenvalue weighted by molar-refractivity contribution is 0.673. The van der Waals surface area contributed by atoms with E-state index in [0.29, 0.717) is 5.25 Å². The van der Waals surface area contributed by atoms with Crippen LogP contribution in [0.3, 0.4) is 0 Å². The highest BCUT2D eigenvalue weighted by atomic mass is 32.2. The Morgan fingerprint density at radius 2 is 1.88 bits per heavy atom. The fourth-order valence-corrected chi connectivity index (χ4v) is 2.22. The lowest BCUT2D eigenvalue weighted by Gasteiger charge is -2.00. The highest BCUT2D eigenvalue weighted by molar-refractivity contribution is 7.84. The SMILES string of the molecule is C[S@@](=O)C1CCCC1. The van der Waals surface area contributed by atoms with Crippen molar-refractivity contribution >= 4 is 10.8 Å². The van der Waals surface area contributed by atoms with Crippen LogP contribution in [0.2, 0.25) is 0 Å². The van der Waals surface area contributed by atoms with Crippen molar-refractivity contribution in [2.24, 2.45) is 0 Å². The zero-order valence-corrected chi connectivity index (χ0v) is 6.04. The van der Waals surface area contributed by atoms with E-state index in [-0.39, 0.29) is 0 Å². The lowest BCUT2D eigenvalue weighted by atomic mass is 10.4. The van der Waals surface area contributed by atoms with E-state index in [1.54, 1.807) is 0 Å². The van der Waals surface area contributed by atoms with Crippen molar-refractivity contribution in [2.45, 2.75) is 30.9 Å². The second-order valence-electron chi connectivity index (χ2n) is 2.41. The van der Waals surface area contributed by atoms with Gasteiger partial charge in [0.2, 0.25) is 0 Å². The molecule has 1 nitrogen and oxygen atoms in total. The van der Waals surface area contributed by atoms with E-state index in [9.17, 15) is 4.21 Å². The topological polar surface area (TPSA) is 17.1 Å². The quantitative estimate of drug-likeness (QED) is 0.525. The van der Waals surface area contributed by atoms with Gasteiger partial charge in [0.1, 0.15) is 0 Å². The fraction of sp³-hybridized carbons (Fsp3) is 1.00. The molecule has 0 unspecified atom stereocenters. The van der Waals surface area contributed by atoms with Gasteiger partial charge in [-0.15, -0.1) is 0 Å². The summed E-state index contributed by atoms with van der Waals surface area (Å²) in [5, 5.41) is 0.537. The first-order chi connectivity index (χ1) is 3.80. The van der Waals surface area contributed by atoms with Crippen LogP contribution in [0, 0.1) is 0 Å². The first-order valence-corrected chi connectivity index (χ1v) is 4.75. The van der Waals surface area contributed by atoms with Crippen molar-refractivity contribution < 1.29 is 4.21 Å². The molecule has 0 aromatic carbocycles. The second kappa shape index (κ2) is 2.62. The normalized spacial score (nSPS) is 26.1. The molecule has 0 aromatic rings. The smallest absolute Gasteiger partial charge is 0.0345 e. The van der Waals surface area contributed by atoms with E-state index >= 15 is 0 Å². The maximum Gasteiger partial charge on any atom is 0.0345 e. The highest BCUT2D eigenvalue weighted by Gasteiger charge is 2.17. The van der Waals surface area contributed by atoms with Gasteiger partial charge in [-0.1, -0.05) is 12.8 Å². The first-order valence-electron chi connectivity index (χ1n) is 3.13. The summed E-state index contributed by atoms with van der Waals surface area (Å²) in [4.78, 5) is 0. The van der Waals surface area contributed by atoms with Gasteiger partial charge in [0.05, 0.1) is 0 Å². The Hall–Kier alpha value is 0.150. The van der Waals surface area contributed by atoms with E-state index in [1.165, 1.54) is 25.7 Å². The molecule has 0 aromatic heterocycles. The molecule has 0 amide bonds. The van der Waals surface area contributed by atoms with E-state index in [0.717, 1.165) is 0 Å². The fourth-order valence-electron chi connectivity index (χ4n) is 1.22. The predicted octanol–water partition coefficient (Wildman–Crippen LogP) is 1.31. The molecule has 0 saturated heterocycles. The molecule has 1 aliphatic rings. The first kappa shape index (κ1) is 6.27. The van der Waals surface area contributed by atoms with Crippen LogP contribution in [-0.2, 0) is 10.8 Å². The molecular weight excluding hydrogens is 120 g/mol. The lowest BCUT2D eigenvalue weighted by Crippen LogP contribution is -2.07. The number of hydrogen-bond acceptors (Lipinski definition) is 1. The van der Waals surface area contributed by atoms with Crippen molar-refractivity contribution in [3.05, 3.63) is 0 Å². The van der Waals surface area contributed by atoms with Gasteiger partial charge in [-0.25, -0.2) is 0 Å². The van der Waals surface area contributed by atoms with Crippen LogP contribution in [0.25, 0.3) is 0 Å². The Bertz CT molecular complexity index is 94.7. The van der Waals surface area contributed by atoms with E-state index in [4.69, 9.17) is 0 Å². The molecule has 1 aliphatic carbocycles. The molecule has 0 bridgehead atoms. The minimum atomic E-state index is -0.541. The summed E-state index contributed by atoms with van der Waals surface area (Å²) in [5.74, 6) is 0. The predicted molar refractivity (Wildman–Crippen MR) is 36.3 cm³/mol. The molecule has 1 rings (SSSR count). The van der Waals surface area contributed by atoms with Crippen LogP contribution >= 0.6 is 0 Å². The van der Waals surface area contributed by atoms with Gasteiger partial charge in [-0.05, 0) is 12.8 Å². The van der Waals surface area contributed by atoms with Crippen LogP contribution in [0.1, 0.15) is 25.7 Å². The summed E-state index contributed by atoms with van der Waals surface area (Å²) in [6, 6.07) is 0. The number of rotatable bonds is 1. The molecule has 1 fully saturated rings. The molecule has 0 aliphatic heterocycles. The minimum Gasteiger partial charge on any atom is -0.260 e. The third-order valence-corrected chi connectivity index (χ3v) is 3.18. The Kier molecular flexibility index (Phi) is 2.06. The van der Waals surface area contributed by atoms with E-state index in [1.807, 2.05) is 6.26 Å². The van der Waals surface area contributed by atoms with Crippen molar-refractivity contribution in [3.8, 4) is 0 Å². The van der Waals surface area contributed by atoms with Gasteiger partial charge in [0, 0.05) is 22.3 Å². The van der Waals surface area contributed by atoms with Gasteiger partial charge >= 0.3 is 0 Å². The summed E-state index contributed by atoms with van der Waals surface area (Å²) in [6.07, 6.45) is 6.80. The second-order valence-corrected chi connectivity index (χ2v) is 4.07. The van der Waals surface area contributed by atoms with E-state index in [2.05, 4.69) is 0 Å². The maximum absolute atomic E-state index is 10.8. The molecule has 2 heteroatoms. The van der Waals surface area contributed by atoms with Crippen LogP contribution in [-0.4, -0.2) is 15.7 Å². The highest BCUT2D eigenvalue weighted by Crippen LogP contribution is 2.21. The summed E-state index contributed by atoms with van der Waals surface area (Å²) >= 11 is 0. The standard InChI is InChI=1S/C6H12OS/c1-8(7)6-4-2-3-5-6/h6H,2-5H2,1H3/t8-/m1/s1. The molecule has 1 atom stereocenters. The molecule has 8 heavy (non-hydrogen) atoms. The van der Waals surface area contributed by atoms with Crippen LogP contribution < -0.4 is 0 Å². The molecule has 0 spiro atoms. The van der Waals surface area contributed by atoms with Gasteiger partial charge in [-0.2, -0.15) is 0 Å². The Labute approximate surface area is 52.9 Å². The molecule has 1 saturated carbocycles. The average Bonchev–Trinajstić information content (AvgIpc) is 2.12. The number of hydrogen-bond donors (Lipinski definition) is 0. The van der Waals surface area contributed by atoms with Crippen molar-refractivity contribution in [2.75, 3.05) is 6.26 Å². The Morgan fingerprint density at radius 1 is 1.38 bits per heavy atom. The maximum atomic E-state index is 10.8. The third kappa shape index (κ3) is 1.31.